The second kappa shape index (κ2) is 17.4. The predicted octanol–water partition coefficient (Wildman–Crippen LogP) is 5.84. The molecule has 48 heavy (non-hydrogen) atoms. The van der Waals surface area contributed by atoms with E-state index in [1.54, 1.807) is 36.4 Å². The minimum Gasteiger partial charge on any atom is -0.465 e. The normalized spacial score (nSPS) is 10.9. The molecule has 0 aliphatic carbocycles. The van der Waals surface area contributed by atoms with Gasteiger partial charge in [0, 0.05) is 39.3 Å². The first-order valence-electron chi connectivity index (χ1n) is 15.9. The Hall–Kier alpha value is -4.83. The molecule has 3 N–H and O–H groups in total. The first kappa shape index (κ1) is 36.0. The molecule has 9 nitrogen and oxygen atoms in total. The summed E-state index contributed by atoms with van der Waals surface area (Å²) in [5.41, 5.74) is 12.3. The number of hydrogen-bond donors (Lipinski definition) is 3. The molecule has 0 saturated heterocycles. The van der Waals surface area contributed by atoms with Crippen LogP contribution in [0, 0.1) is 20.8 Å². The summed E-state index contributed by atoms with van der Waals surface area (Å²) in [5, 5.41) is 10.8. The van der Waals surface area contributed by atoms with E-state index in [1.165, 1.54) is 54.7 Å². The maximum Gasteiger partial charge on any atom is 0.337 e. The maximum atomic E-state index is 11.8. The summed E-state index contributed by atoms with van der Waals surface area (Å²) < 4.78 is 14.4. The molecule has 0 aliphatic heterocycles. The highest BCUT2D eigenvalue weighted by molar-refractivity contribution is 5.90. The highest BCUT2D eigenvalue weighted by Gasteiger charge is 2.17. The SMILES string of the molecule is COC(=O)c1ccc(CNCc2c(C)c(CNCc3ccc(C(=O)OC)cc3)c(C)c(CNCc3ccc(C(=O)OC)cc3)c2C)cc1. The summed E-state index contributed by atoms with van der Waals surface area (Å²) in [6.45, 7) is 10.6. The monoisotopic (exact) mass is 651 g/mol. The molecule has 0 heterocycles. The third-order valence-electron chi connectivity index (χ3n) is 8.73. The lowest BCUT2D eigenvalue weighted by atomic mass is 9.87. The second-order valence-electron chi connectivity index (χ2n) is 11.7. The van der Waals surface area contributed by atoms with Crippen LogP contribution in [0.1, 0.15) is 81.1 Å². The zero-order valence-electron chi connectivity index (χ0n) is 28.6. The largest absolute Gasteiger partial charge is 0.465 e. The zero-order chi connectivity index (χ0) is 34.6. The number of benzene rings is 4. The second-order valence-corrected chi connectivity index (χ2v) is 11.7. The molecular weight excluding hydrogens is 606 g/mol. The zero-order valence-corrected chi connectivity index (χ0v) is 28.6. The minimum atomic E-state index is -0.348. The van der Waals surface area contributed by atoms with Gasteiger partial charge in [0.05, 0.1) is 38.0 Å². The fourth-order valence-electron chi connectivity index (χ4n) is 5.81. The van der Waals surface area contributed by atoms with Crippen LogP contribution in [0.4, 0.5) is 0 Å². The van der Waals surface area contributed by atoms with Gasteiger partial charge in [-0.25, -0.2) is 14.4 Å². The molecule has 0 unspecified atom stereocenters. The van der Waals surface area contributed by atoms with Gasteiger partial charge in [-0.3, -0.25) is 0 Å². The van der Waals surface area contributed by atoms with Gasteiger partial charge in [0.15, 0.2) is 0 Å². The Morgan fingerprint density at radius 3 is 0.854 bits per heavy atom. The van der Waals surface area contributed by atoms with Gasteiger partial charge < -0.3 is 30.2 Å². The molecule has 4 aromatic carbocycles. The van der Waals surface area contributed by atoms with E-state index in [4.69, 9.17) is 14.2 Å². The Balaban J connectivity index is 1.50. The van der Waals surface area contributed by atoms with Gasteiger partial charge in [0.2, 0.25) is 0 Å². The van der Waals surface area contributed by atoms with E-state index in [2.05, 4.69) is 36.7 Å². The highest BCUT2D eigenvalue weighted by Crippen LogP contribution is 2.28. The molecule has 9 heteroatoms. The molecule has 0 fully saturated rings. The number of rotatable bonds is 15. The molecule has 0 radical (unpaired) electrons. The fourth-order valence-corrected chi connectivity index (χ4v) is 5.81. The molecule has 0 amide bonds. The van der Waals surface area contributed by atoms with E-state index in [0.29, 0.717) is 56.0 Å². The molecule has 4 aromatic rings. The van der Waals surface area contributed by atoms with Crippen LogP contribution in [0.25, 0.3) is 0 Å². The lowest BCUT2D eigenvalue weighted by molar-refractivity contribution is 0.0592. The van der Waals surface area contributed by atoms with Crippen LogP contribution in [-0.2, 0) is 53.5 Å². The topological polar surface area (TPSA) is 115 Å². The Bertz CT molecular complexity index is 1490. The Kier molecular flexibility index (Phi) is 13.0. The Morgan fingerprint density at radius 1 is 0.417 bits per heavy atom. The third-order valence-corrected chi connectivity index (χ3v) is 8.73. The van der Waals surface area contributed by atoms with Gasteiger partial charge >= 0.3 is 17.9 Å². The van der Waals surface area contributed by atoms with Crippen LogP contribution >= 0.6 is 0 Å². The van der Waals surface area contributed by atoms with Crippen molar-refractivity contribution in [2.75, 3.05) is 21.3 Å². The van der Waals surface area contributed by atoms with Gasteiger partial charge in [0.1, 0.15) is 0 Å². The van der Waals surface area contributed by atoms with Crippen LogP contribution in [0.5, 0.6) is 0 Å². The van der Waals surface area contributed by atoms with Crippen molar-refractivity contribution in [1.29, 1.82) is 0 Å². The van der Waals surface area contributed by atoms with Gasteiger partial charge in [0.25, 0.3) is 0 Å². The van der Waals surface area contributed by atoms with Gasteiger partial charge in [-0.2, -0.15) is 0 Å². The van der Waals surface area contributed by atoms with Crippen LogP contribution < -0.4 is 16.0 Å². The number of ether oxygens (including phenoxy) is 3. The van der Waals surface area contributed by atoms with Crippen LogP contribution in [0.15, 0.2) is 72.8 Å². The average molecular weight is 652 g/mol. The summed E-state index contributed by atoms with van der Waals surface area (Å²) in [5.74, 6) is -1.04. The molecule has 0 aromatic heterocycles. The first-order valence-corrected chi connectivity index (χ1v) is 15.9. The van der Waals surface area contributed by atoms with Crippen molar-refractivity contribution in [3.8, 4) is 0 Å². The van der Waals surface area contributed by atoms with E-state index in [1.807, 2.05) is 36.4 Å². The van der Waals surface area contributed by atoms with Crippen molar-refractivity contribution in [2.24, 2.45) is 0 Å². The van der Waals surface area contributed by atoms with Crippen molar-refractivity contribution in [3.05, 3.63) is 140 Å². The summed E-state index contributed by atoms with van der Waals surface area (Å²) in [6, 6.07) is 22.3. The van der Waals surface area contributed by atoms with E-state index in [0.717, 1.165) is 16.7 Å². The van der Waals surface area contributed by atoms with Crippen molar-refractivity contribution in [3.63, 3.8) is 0 Å². The average Bonchev–Trinajstić information content (AvgIpc) is 3.12. The Labute approximate surface area is 283 Å². The van der Waals surface area contributed by atoms with Crippen molar-refractivity contribution in [1.82, 2.24) is 16.0 Å². The molecule has 0 atom stereocenters. The maximum absolute atomic E-state index is 11.8. The van der Waals surface area contributed by atoms with E-state index >= 15 is 0 Å². The third kappa shape index (κ3) is 9.16. The minimum absolute atomic E-state index is 0.348. The molecule has 0 spiro atoms. The van der Waals surface area contributed by atoms with Crippen LogP contribution in [0.2, 0.25) is 0 Å². The van der Waals surface area contributed by atoms with Crippen molar-refractivity contribution < 1.29 is 28.6 Å². The van der Waals surface area contributed by atoms with Crippen LogP contribution in [-0.4, -0.2) is 39.2 Å². The number of methoxy groups -OCH3 is 3. The number of esters is 3. The quantitative estimate of drug-likeness (QED) is 0.108. The summed E-state index contributed by atoms with van der Waals surface area (Å²) in [4.78, 5) is 35.5. The van der Waals surface area contributed by atoms with E-state index < -0.39 is 0 Å². The fraction of sp³-hybridized carbons (Fsp3) is 0.308. The van der Waals surface area contributed by atoms with Crippen LogP contribution in [0.3, 0.4) is 0 Å². The lowest BCUT2D eigenvalue weighted by Gasteiger charge is -2.24. The lowest BCUT2D eigenvalue weighted by Crippen LogP contribution is -2.22. The molecule has 0 bridgehead atoms. The molecule has 0 saturated carbocycles. The molecule has 252 valence electrons. The van der Waals surface area contributed by atoms with Gasteiger partial charge in [-0.1, -0.05) is 36.4 Å². The smallest absolute Gasteiger partial charge is 0.337 e. The standard InChI is InChI=1S/C39H45N3O6/c1-25-34(22-40-19-28-7-13-31(14-8-28)37(43)46-4)26(2)36(24-42-21-30-11-17-33(18-12-30)39(45)48-6)27(3)35(25)23-41-20-29-9-15-32(16-10-29)38(44)47-5/h7-18,40-42H,19-24H2,1-6H3. The first-order chi connectivity index (χ1) is 23.2. The molecule has 4 rings (SSSR count). The number of carbonyl (C=O) groups excluding carboxylic acids is 3. The molecule has 0 aliphatic rings. The van der Waals surface area contributed by atoms with E-state index in [9.17, 15) is 14.4 Å². The summed E-state index contributed by atoms with van der Waals surface area (Å²) in [6.07, 6.45) is 0. The van der Waals surface area contributed by atoms with Gasteiger partial charge in [-0.05, 0) is 107 Å². The highest BCUT2D eigenvalue weighted by atomic mass is 16.5. The number of hydrogen-bond acceptors (Lipinski definition) is 9. The van der Waals surface area contributed by atoms with Gasteiger partial charge in [-0.15, -0.1) is 0 Å². The van der Waals surface area contributed by atoms with Crippen molar-refractivity contribution >= 4 is 17.9 Å². The summed E-state index contributed by atoms with van der Waals surface area (Å²) >= 11 is 0. The summed E-state index contributed by atoms with van der Waals surface area (Å²) in [7, 11) is 4.14. The van der Waals surface area contributed by atoms with E-state index in [-0.39, 0.29) is 17.9 Å². The predicted molar refractivity (Wildman–Crippen MR) is 186 cm³/mol. The number of nitrogens with one attached hydrogen (secondary N) is 3. The molecular formula is C39H45N3O6. The number of carbonyl (C=O) groups is 3. The Morgan fingerprint density at radius 2 is 0.646 bits per heavy atom. The van der Waals surface area contributed by atoms with Crippen molar-refractivity contribution in [2.45, 2.75) is 60.0 Å².